The Labute approximate surface area is 115 Å². The van der Waals surface area contributed by atoms with Crippen molar-refractivity contribution in [3.63, 3.8) is 0 Å². The first-order chi connectivity index (χ1) is 9.78. The first-order valence-electron chi connectivity index (χ1n) is 6.07. The summed E-state index contributed by atoms with van der Waals surface area (Å²) in [5, 5.41) is 6.23. The lowest BCUT2D eigenvalue weighted by molar-refractivity contribution is 0.0919. The molecule has 0 saturated heterocycles. The minimum absolute atomic E-state index is 0.0445. The van der Waals surface area contributed by atoms with Crippen LogP contribution in [0.4, 0.5) is 0 Å². The lowest BCUT2D eigenvalue weighted by Crippen LogP contribution is -2.17. The lowest BCUT2D eigenvalue weighted by atomic mass is 10.2. The van der Waals surface area contributed by atoms with Crippen molar-refractivity contribution >= 4 is 5.91 Å². The molecule has 1 aromatic carbocycles. The van der Waals surface area contributed by atoms with Crippen LogP contribution in [0.2, 0.25) is 0 Å². The van der Waals surface area contributed by atoms with Crippen LogP contribution >= 0.6 is 0 Å². The van der Waals surface area contributed by atoms with Crippen molar-refractivity contribution in [1.82, 2.24) is 20.0 Å². The van der Waals surface area contributed by atoms with Gasteiger partial charge in [0.15, 0.2) is 0 Å². The quantitative estimate of drug-likeness (QED) is 0.787. The highest BCUT2D eigenvalue weighted by Crippen LogP contribution is 2.18. The molecule has 1 amide bonds. The Kier molecular flexibility index (Phi) is 3.04. The number of rotatable bonds is 3. The monoisotopic (exact) mass is 268 g/mol. The summed E-state index contributed by atoms with van der Waals surface area (Å²) >= 11 is 0. The number of nitrogens with one attached hydrogen (secondary N) is 1. The minimum Gasteiger partial charge on any atom is -0.351 e. The molecule has 6 nitrogen and oxygen atoms in total. The predicted molar refractivity (Wildman–Crippen MR) is 72.5 cm³/mol. The van der Waals surface area contributed by atoms with Crippen LogP contribution in [0.25, 0.3) is 17.1 Å². The van der Waals surface area contributed by atoms with E-state index in [1.54, 1.807) is 0 Å². The van der Waals surface area contributed by atoms with Gasteiger partial charge < -0.3 is 14.4 Å². The van der Waals surface area contributed by atoms with Crippen LogP contribution in [-0.4, -0.2) is 27.7 Å². The molecule has 2 aromatic heterocycles. The minimum atomic E-state index is -0.396. The summed E-state index contributed by atoms with van der Waals surface area (Å²) in [6, 6.07) is 11.6. The molecule has 2 heterocycles. The molecule has 0 bridgehead atoms. The molecule has 0 aliphatic rings. The maximum atomic E-state index is 11.4. The topological polar surface area (TPSA) is 73.0 Å². The lowest BCUT2D eigenvalue weighted by Gasteiger charge is -2.02. The molecule has 0 atom stereocenters. The molecule has 0 aliphatic heterocycles. The maximum absolute atomic E-state index is 11.4. The second-order valence-corrected chi connectivity index (χ2v) is 4.14. The fourth-order valence-electron chi connectivity index (χ4n) is 1.83. The van der Waals surface area contributed by atoms with Crippen molar-refractivity contribution in [2.24, 2.45) is 0 Å². The van der Waals surface area contributed by atoms with E-state index < -0.39 is 5.91 Å². The number of benzene rings is 1. The summed E-state index contributed by atoms with van der Waals surface area (Å²) in [5.41, 5.74) is 1.83. The van der Waals surface area contributed by atoms with Crippen LogP contribution in [-0.2, 0) is 0 Å². The molecule has 100 valence electrons. The Morgan fingerprint density at radius 2 is 1.90 bits per heavy atom. The number of nitrogens with zero attached hydrogens (tertiary/aromatic N) is 3. The van der Waals surface area contributed by atoms with Gasteiger partial charge in [0, 0.05) is 30.7 Å². The van der Waals surface area contributed by atoms with E-state index in [4.69, 9.17) is 4.52 Å². The average Bonchev–Trinajstić information content (AvgIpc) is 3.18. The Morgan fingerprint density at radius 1 is 1.20 bits per heavy atom. The molecule has 6 heteroatoms. The van der Waals surface area contributed by atoms with Gasteiger partial charge in [0.1, 0.15) is 0 Å². The van der Waals surface area contributed by atoms with Crippen LogP contribution in [0.1, 0.15) is 10.7 Å². The molecule has 20 heavy (non-hydrogen) atoms. The first-order valence-corrected chi connectivity index (χ1v) is 6.07. The standard InChI is InChI=1S/C14H12N4O2/c1-15-13(19)14-16-12(17-20-14)10-4-6-11(7-5-10)18-8-2-3-9-18/h2-9H,1H3,(H,15,19). The molecule has 0 radical (unpaired) electrons. The van der Waals surface area contributed by atoms with Gasteiger partial charge in [0.05, 0.1) is 0 Å². The summed E-state index contributed by atoms with van der Waals surface area (Å²) in [5.74, 6) is -0.0487. The van der Waals surface area contributed by atoms with Gasteiger partial charge in [0.25, 0.3) is 0 Å². The zero-order valence-electron chi connectivity index (χ0n) is 10.8. The normalized spacial score (nSPS) is 10.4. The number of amides is 1. The van der Waals surface area contributed by atoms with Gasteiger partial charge in [-0.3, -0.25) is 4.79 Å². The molecule has 0 unspecified atom stereocenters. The smallest absolute Gasteiger partial charge is 0.316 e. The number of hydrogen-bond acceptors (Lipinski definition) is 4. The highest BCUT2D eigenvalue weighted by atomic mass is 16.5. The molecule has 1 N–H and O–H groups in total. The number of aromatic nitrogens is 3. The number of carbonyl (C=O) groups excluding carboxylic acids is 1. The van der Waals surface area contributed by atoms with E-state index in [-0.39, 0.29) is 5.89 Å². The summed E-state index contributed by atoms with van der Waals surface area (Å²) in [6.45, 7) is 0. The zero-order chi connectivity index (χ0) is 13.9. The van der Waals surface area contributed by atoms with E-state index in [0.717, 1.165) is 11.3 Å². The summed E-state index contributed by atoms with van der Waals surface area (Å²) in [4.78, 5) is 15.4. The largest absolute Gasteiger partial charge is 0.351 e. The van der Waals surface area contributed by atoms with E-state index in [9.17, 15) is 4.79 Å². The second kappa shape index (κ2) is 5.00. The Bertz CT molecular complexity index is 714. The van der Waals surface area contributed by atoms with Gasteiger partial charge in [0.2, 0.25) is 5.82 Å². The highest BCUT2D eigenvalue weighted by Gasteiger charge is 2.14. The van der Waals surface area contributed by atoms with Gasteiger partial charge in [-0.2, -0.15) is 4.98 Å². The van der Waals surface area contributed by atoms with Crippen molar-refractivity contribution in [1.29, 1.82) is 0 Å². The summed E-state index contributed by atoms with van der Waals surface area (Å²) in [7, 11) is 1.51. The highest BCUT2D eigenvalue weighted by molar-refractivity contribution is 5.89. The predicted octanol–water partition coefficient (Wildman–Crippen LogP) is 1.89. The van der Waals surface area contributed by atoms with Gasteiger partial charge >= 0.3 is 11.8 Å². The van der Waals surface area contributed by atoms with Gasteiger partial charge in [-0.25, -0.2) is 0 Å². The number of hydrogen-bond donors (Lipinski definition) is 1. The molecule has 3 rings (SSSR count). The van der Waals surface area contributed by atoms with Crippen LogP contribution in [0.15, 0.2) is 53.3 Å². The van der Waals surface area contributed by atoms with Crippen molar-refractivity contribution in [2.75, 3.05) is 7.05 Å². The third kappa shape index (κ3) is 2.18. The summed E-state index contributed by atoms with van der Waals surface area (Å²) in [6.07, 6.45) is 3.93. The summed E-state index contributed by atoms with van der Waals surface area (Å²) < 4.78 is 6.89. The molecule has 0 aliphatic carbocycles. The van der Waals surface area contributed by atoms with Gasteiger partial charge in [-0.15, -0.1) is 0 Å². The van der Waals surface area contributed by atoms with E-state index >= 15 is 0 Å². The third-order valence-corrected chi connectivity index (χ3v) is 2.88. The zero-order valence-corrected chi connectivity index (χ0v) is 10.8. The molecule has 0 fully saturated rings. The fraction of sp³-hybridized carbons (Fsp3) is 0.0714. The van der Waals surface area contributed by atoms with Crippen molar-refractivity contribution in [3.8, 4) is 17.1 Å². The number of carbonyl (C=O) groups is 1. The Balaban J connectivity index is 1.88. The SMILES string of the molecule is CNC(=O)c1nc(-c2ccc(-n3cccc3)cc2)no1. The van der Waals surface area contributed by atoms with Crippen molar-refractivity contribution in [3.05, 3.63) is 54.7 Å². The molecular weight excluding hydrogens is 256 g/mol. The third-order valence-electron chi connectivity index (χ3n) is 2.88. The molecule has 3 aromatic rings. The fourth-order valence-corrected chi connectivity index (χ4v) is 1.83. The van der Waals surface area contributed by atoms with E-state index in [1.807, 2.05) is 53.4 Å². The van der Waals surface area contributed by atoms with Crippen LogP contribution in [0.3, 0.4) is 0 Å². The average molecular weight is 268 g/mol. The molecule has 0 saturated carbocycles. The van der Waals surface area contributed by atoms with E-state index in [0.29, 0.717) is 5.82 Å². The van der Waals surface area contributed by atoms with Crippen molar-refractivity contribution < 1.29 is 9.32 Å². The van der Waals surface area contributed by atoms with E-state index in [1.165, 1.54) is 7.05 Å². The van der Waals surface area contributed by atoms with Gasteiger partial charge in [-0.05, 0) is 36.4 Å². The molecular formula is C14H12N4O2. The van der Waals surface area contributed by atoms with Crippen LogP contribution in [0.5, 0.6) is 0 Å². The van der Waals surface area contributed by atoms with Crippen LogP contribution in [0, 0.1) is 0 Å². The maximum Gasteiger partial charge on any atom is 0.316 e. The van der Waals surface area contributed by atoms with E-state index in [2.05, 4.69) is 15.5 Å². The Morgan fingerprint density at radius 3 is 2.55 bits per heavy atom. The van der Waals surface area contributed by atoms with Crippen molar-refractivity contribution in [2.45, 2.75) is 0 Å². The van der Waals surface area contributed by atoms with Gasteiger partial charge in [-0.1, -0.05) is 5.16 Å². The first kappa shape index (κ1) is 12.2. The van der Waals surface area contributed by atoms with Crippen LogP contribution < -0.4 is 5.32 Å². The molecule has 0 spiro atoms. The Hall–Kier alpha value is -2.89. The second-order valence-electron chi connectivity index (χ2n) is 4.14.